The normalized spacial score (nSPS) is 10.6. The number of hydrogen-bond acceptors (Lipinski definition) is 6. The van der Waals surface area contributed by atoms with E-state index in [0.717, 1.165) is 11.3 Å². The van der Waals surface area contributed by atoms with E-state index in [4.69, 9.17) is 10.5 Å². The van der Waals surface area contributed by atoms with Gasteiger partial charge in [0.05, 0.1) is 13.7 Å². The van der Waals surface area contributed by atoms with Gasteiger partial charge in [-0.3, -0.25) is 4.79 Å². The number of nitrogens with zero attached hydrogens (tertiary/aromatic N) is 4. The Morgan fingerprint density at radius 3 is 2.68 bits per heavy atom. The van der Waals surface area contributed by atoms with Crippen LogP contribution in [0.4, 0.5) is 5.82 Å². The van der Waals surface area contributed by atoms with Gasteiger partial charge < -0.3 is 15.8 Å². The molecule has 8 nitrogen and oxygen atoms in total. The second-order valence-corrected chi connectivity index (χ2v) is 4.56. The van der Waals surface area contributed by atoms with Gasteiger partial charge in [0.25, 0.3) is 0 Å². The van der Waals surface area contributed by atoms with Crippen molar-refractivity contribution in [3.05, 3.63) is 36.4 Å². The summed E-state index contributed by atoms with van der Waals surface area (Å²) in [5.74, 6) is 1.41. The number of hydrogen-bond donors (Lipinski definition) is 2. The monoisotopic (exact) mass is 298 g/mol. The summed E-state index contributed by atoms with van der Waals surface area (Å²) in [4.78, 5) is 10.8. The first-order chi connectivity index (χ1) is 10.7. The SMILES string of the molecule is COc1ccc(-c2nnc3ccc(NCC(N)=O)nn23)cc1. The zero-order chi connectivity index (χ0) is 15.5. The summed E-state index contributed by atoms with van der Waals surface area (Å²) in [6.45, 7) is 0.0124. The first kappa shape index (κ1) is 13.8. The van der Waals surface area contributed by atoms with E-state index in [9.17, 15) is 4.79 Å². The zero-order valence-electron chi connectivity index (χ0n) is 11.9. The van der Waals surface area contributed by atoms with Crippen LogP contribution in [0, 0.1) is 0 Å². The molecule has 8 heteroatoms. The molecule has 0 spiro atoms. The number of benzene rings is 1. The third-order valence-corrected chi connectivity index (χ3v) is 3.05. The van der Waals surface area contributed by atoms with Crippen molar-refractivity contribution in [2.24, 2.45) is 5.73 Å². The number of nitrogens with two attached hydrogens (primary N) is 1. The highest BCUT2D eigenvalue weighted by Gasteiger charge is 2.10. The summed E-state index contributed by atoms with van der Waals surface area (Å²) in [6.07, 6.45) is 0. The highest BCUT2D eigenvalue weighted by Crippen LogP contribution is 2.21. The van der Waals surface area contributed by atoms with Gasteiger partial charge in [-0.1, -0.05) is 0 Å². The van der Waals surface area contributed by atoms with Crippen LogP contribution in [0.15, 0.2) is 36.4 Å². The van der Waals surface area contributed by atoms with Crippen LogP contribution >= 0.6 is 0 Å². The third-order valence-electron chi connectivity index (χ3n) is 3.05. The molecule has 1 amide bonds. The maximum Gasteiger partial charge on any atom is 0.236 e. The Bertz CT molecular complexity index is 812. The number of anilines is 1. The Morgan fingerprint density at radius 2 is 2.00 bits per heavy atom. The van der Waals surface area contributed by atoms with Crippen molar-refractivity contribution < 1.29 is 9.53 Å². The summed E-state index contributed by atoms with van der Waals surface area (Å²) in [5.41, 5.74) is 6.57. The molecule has 2 aromatic heterocycles. The predicted octanol–water partition coefficient (Wildman–Crippen LogP) is 0.697. The number of ether oxygens (including phenoxy) is 1. The molecule has 3 N–H and O–H groups in total. The van der Waals surface area contributed by atoms with Gasteiger partial charge in [0.2, 0.25) is 5.91 Å². The standard InChI is InChI=1S/C14H14N6O2/c1-22-10-4-2-9(3-5-10)14-18-17-13-7-6-12(19-20(13)14)16-8-11(15)21/h2-7H,8H2,1H3,(H2,15,21)(H,16,19). The lowest BCUT2D eigenvalue weighted by Crippen LogP contribution is -2.22. The molecule has 0 aliphatic heterocycles. The molecule has 3 aromatic rings. The third kappa shape index (κ3) is 2.66. The number of methoxy groups -OCH3 is 1. The van der Waals surface area contributed by atoms with Crippen LogP contribution in [-0.2, 0) is 4.79 Å². The van der Waals surface area contributed by atoms with Gasteiger partial charge in [-0.05, 0) is 36.4 Å². The van der Waals surface area contributed by atoms with E-state index in [1.165, 1.54) is 0 Å². The van der Waals surface area contributed by atoms with Crippen molar-refractivity contribution in [1.82, 2.24) is 19.8 Å². The van der Waals surface area contributed by atoms with E-state index in [2.05, 4.69) is 20.6 Å². The second-order valence-electron chi connectivity index (χ2n) is 4.56. The van der Waals surface area contributed by atoms with E-state index < -0.39 is 5.91 Å². The average Bonchev–Trinajstić information content (AvgIpc) is 2.96. The fraction of sp³-hybridized carbons (Fsp3) is 0.143. The molecule has 0 radical (unpaired) electrons. The molecule has 0 atom stereocenters. The Hall–Kier alpha value is -3.16. The summed E-state index contributed by atoms with van der Waals surface area (Å²) in [5, 5.41) is 15.4. The van der Waals surface area contributed by atoms with E-state index >= 15 is 0 Å². The molecule has 0 fully saturated rings. The Kier molecular flexibility index (Phi) is 3.57. The van der Waals surface area contributed by atoms with Crippen molar-refractivity contribution in [3.8, 4) is 17.1 Å². The molecule has 22 heavy (non-hydrogen) atoms. The van der Waals surface area contributed by atoms with Crippen LogP contribution in [0.25, 0.3) is 17.0 Å². The largest absolute Gasteiger partial charge is 0.497 e. The zero-order valence-corrected chi connectivity index (χ0v) is 11.9. The van der Waals surface area contributed by atoms with E-state index in [0.29, 0.717) is 17.3 Å². The van der Waals surface area contributed by atoms with Crippen LogP contribution in [0.5, 0.6) is 5.75 Å². The van der Waals surface area contributed by atoms with Crippen molar-refractivity contribution in [2.75, 3.05) is 19.0 Å². The minimum Gasteiger partial charge on any atom is -0.497 e. The number of amides is 1. The molecule has 0 bridgehead atoms. The highest BCUT2D eigenvalue weighted by atomic mass is 16.5. The molecule has 0 aliphatic carbocycles. The summed E-state index contributed by atoms with van der Waals surface area (Å²) in [6, 6.07) is 10.9. The number of aromatic nitrogens is 4. The van der Waals surface area contributed by atoms with Gasteiger partial charge in [-0.2, -0.15) is 4.52 Å². The maximum absolute atomic E-state index is 10.8. The molecule has 2 heterocycles. The summed E-state index contributed by atoms with van der Waals surface area (Å²) < 4.78 is 6.74. The van der Waals surface area contributed by atoms with Gasteiger partial charge >= 0.3 is 0 Å². The van der Waals surface area contributed by atoms with Crippen LogP contribution in [0.2, 0.25) is 0 Å². The van der Waals surface area contributed by atoms with Crippen molar-refractivity contribution in [2.45, 2.75) is 0 Å². The highest BCUT2D eigenvalue weighted by molar-refractivity contribution is 5.78. The van der Waals surface area contributed by atoms with E-state index in [1.54, 1.807) is 23.8 Å². The average molecular weight is 298 g/mol. The molecule has 3 rings (SSSR count). The Labute approximate surface area is 125 Å². The van der Waals surface area contributed by atoms with Crippen molar-refractivity contribution in [1.29, 1.82) is 0 Å². The maximum atomic E-state index is 10.8. The summed E-state index contributed by atoms with van der Waals surface area (Å²) >= 11 is 0. The number of fused-ring (bicyclic) bond motifs is 1. The van der Waals surface area contributed by atoms with Crippen molar-refractivity contribution >= 4 is 17.4 Å². The first-order valence-electron chi connectivity index (χ1n) is 6.56. The molecule has 0 saturated carbocycles. The lowest BCUT2D eigenvalue weighted by atomic mass is 10.2. The first-order valence-corrected chi connectivity index (χ1v) is 6.56. The van der Waals surface area contributed by atoms with Gasteiger partial charge in [-0.25, -0.2) is 0 Å². The quantitative estimate of drug-likeness (QED) is 0.718. The molecule has 0 saturated heterocycles. The van der Waals surface area contributed by atoms with Gasteiger partial charge in [0.15, 0.2) is 11.5 Å². The molecular formula is C14H14N6O2. The molecule has 1 aromatic carbocycles. The van der Waals surface area contributed by atoms with Gasteiger partial charge in [0, 0.05) is 5.56 Å². The van der Waals surface area contributed by atoms with Crippen LogP contribution < -0.4 is 15.8 Å². The van der Waals surface area contributed by atoms with Gasteiger partial charge in [-0.15, -0.1) is 15.3 Å². The van der Waals surface area contributed by atoms with Gasteiger partial charge in [0.1, 0.15) is 11.6 Å². The topological polar surface area (TPSA) is 107 Å². The smallest absolute Gasteiger partial charge is 0.236 e. The fourth-order valence-electron chi connectivity index (χ4n) is 1.98. The lowest BCUT2D eigenvalue weighted by molar-refractivity contribution is -0.116. The summed E-state index contributed by atoms with van der Waals surface area (Å²) in [7, 11) is 1.61. The minimum absolute atomic E-state index is 0.0124. The van der Waals surface area contributed by atoms with E-state index in [-0.39, 0.29) is 6.54 Å². The molecule has 0 unspecified atom stereocenters. The fourth-order valence-corrected chi connectivity index (χ4v) is 1.98. The molecule has 112 valence electrons. The van der Waals surface area contributed by atoms with Crippen LogP contribution in [0.3, 0.4) is 0 Å². The number of carbonyl (C=O) groups is 1. The Morgan fingerprint density at radius 1 is 1.23 bits per heavy atom. The number of nitrogens with one attached hydrogen (secondary N) is 1. The minimum atomic E-state index is -0.457. The van der Waals surface area contributed by atoms with E-state index in [1.807, 2.05) is 24.3 Å². The Balaban J connectivity index is 1.98. The second kappa shape index (κ2) is 5.68. The van der Waals surface area contributed by atoms with Crippen LogP contribution in [0.1, 0.15) is 0 Å². The predicted molar refractivity (Wildman–Crippen MR) is 80.5 cm³/mol. The molecular weight excluding hydrogens is 284 g/mol. The number of primary amides is 1. The number of rotatable bonds is 5. The van der Waals surface area contributed by atoms with Crippen molar-refractivity contribution in [3.63, 3.8) is 0 Å². The lowest BCUT2D eigenvalue weighted by Gasteiger charge is -2.05. The molecule has 0 aliphatic rings. The van der Waals surface area contributed by atoms with Crippen LogP contribution in [-0.4, -0.2) is 39.4 Å². The number of carbonyl (C=O) groups excluding carboxylic acids is 1.